The minimum absolute atomic E-state index is 0.0145. The molecule has 0 spiro atoms. The summed E-state index contributed by atoms with van der Waals surface area (Å²) in [6, 6.07) is 7.81. The highest BCUT2D eigenvalue weighted by Crippen LogP contribution is 2.34. The molecule has 0 fully saturated rings. The Balaban J connectivity index is 2.42. The van der Waals surface area contributed by atoms with Crippen molar-refractivity contribution in [2.45, 2.75) is 6.54 Å². The minimum atomic E-state index is -0.604. The molecule has 20 heavy (non-hydrogen) atoms. The number of ether oxygens (including phenoxy) is 1. The molecule has 0 aliphatic rings. The van der Waals surface area contributed by atoms with Gasteiger partial charge in [0.05, 0.1) is 4.92 Å². The highest BCUT2D eigenvalue weighted by molar-refractivity contribution is 6.30. The van der Waals surface area contributed by atoms with Gasteiger partial charge in [-0.25, -0.2) is 4.39 Å². The van der Waals surface area contributed by atoms with Crippen molar-refractivity contribution >= 4 is 17.3 Å². The maximum atomic E-state index is 13.1. The molecule has 5 nitrogen and oxygen atoms in total. The molecule has 2 N–H and O–H groups in total. The second kappa shape index (κ2) is 5.85. The lowest BCUT2D eigenvalue weighted by Crippen LogP contribution is -2.01. The van der Waals surface area contributed by atoms with Crippen molar-refractivity contribution in [1.29, 1.82) is 0 Å². The Morgan fingerprint density at radius 3 is 2.60 bits per heavy atom. The summed E-state index contributed by atoms with van der Waals surface area (Å²) in [4.78, 5) is 10.4. The topological polar surface area (TPSA) is 78.4 Å². The first-order valence-electron chi connectivity index (χ1n) is 5.61. The van der Waals surface area contributed by atoms with Gasteiger partial charge in [0.25, 0.3) is 0 Å². The number of rotatable bonds is 4. The molecule has 104 valence electrons. The molecule has 0 aliphatic carbocycles. The smallest absolute Gasteiger partial charge is 0.313 e. The fourth-order valence-electron chi connectivity index (χ4n) is 1.65. The molecule has 0 saturated heterocycles. The van der Waals surface area contributed by atoms with Crippen LogP contribution in [-0.4, -0.2) is 4.92 Å². The summed E-state index contributed by atoms with van der Waals surface area (Å²) in [6.45, 7) is 0.0501. The Hall–Kier alpha value is -2.18. The molecule has 0 amide bonds. The second-order valence-electron chi connectivity index (χ2n) is 3.93. The van der Waals surface area contributed by atoms with Gasteiger partial charge in [0.2, 0.25) is 5.75 Å². The average Bonchev–Trinajstić information content (AvgIpc) is 2.42. The summed E-state index contributed by atoms with van der Waals surface area (Å²) in [7, 11) is 0. The van der Waals surface area contributed by atoms with Crippen LogP contribution in [0, 0.1) is 15.9 Å². The predicted octanol–water partition coefficient (Wildman–Crippen LogP) is 3.64. The number of nitro benzene ring substituents is 1. The van der Waals surface area contributed by atoms with Crippen molar-refractivity contribution in [2.24, 2.45) is 5.73 Å². The lowest BCUT2D eigenvalue weighted by Gasteiger charge is -2.10. The van der Waals surface area contributed by atoms with Gasteiger partial charge in [0.1, 0.15) is 11.6 Å². The van der Waals surface area contributed by atoms with E-state index in [1.54, 1.807) is 0 Å². The quantitative estimate of drug-likeness (QED) is 0.690. The zero-order chi connectivity index (χ0) is 14.7. The third-order valence-electron chi connectivity index (χ3n) is 2.58. The average molecular weight is 297 g/mol. The van der Waals surface area contributed by atoms with Crippen LogP contribution in [0.3, 0.4) is 0 Å². The van der Waals surface area contributed by atoms with E-state index in [4.69, 9.17) is 22.1 Å². The molecule has 2 aromatic carbocycles. The van der Waals surface area contributed by atoms with Crippen molar-refractivity contribution in [2.75, 3.05) is 0 Å². The maximum absolute atomic E-state index is 13.1. The fourth-order valence-corrected chi connectivity index (χ4v) is 1.81. The molecule has 2 rings (SSSR count). The van der Waals surface area contributed by atoms with Crippen LogP contribution in [0.2, 0.25) is 5.02 Å². The van der Waals surface area contributed by atoms with Crippen LogP contribution in [0.25, 0.3) is 0 Å². The number of halogens is 2. The third-order valence-corrected chi connectivity index (χ3v) is 2.82. The van der Waals surface area contributed by atoms with Crippen LogP contribution in [-0.2, 0) is 6.54 Å². The molecule has 0 heterocycles. The van der Waals surface area contributed by atoms with Gasteiger partial charge in [-0.15, -0.1) is 0 Å². The first kappa shape index (κ1) is 14.2. The highest BCUT2D eigenvalue weighted by Gasteiger charge is 2.17. The number of hydrogen-bond acceptors (Lipinski definition) is 4. The standard InChI is InChI=1S/C13H10ClFN2O3/c14-9-1-3-13(11(6-9)17(18)19)20-12-4-2-10(15)5-8(12)7-16/h1-6H,7,16H2. The Morgan fingerprint density at radius 2 is 1.95 bits per heavy atom. The lowest BCUT2D eigenvalue weighted by atomic mass is 10.2. The molecule has 0 radical (unpaired) electrons. The number of hydrogen-bond donors (Lipinski definition) is 1. The molecule has 7 heteroatoms. The van der Waals surface area contributed by atoms with Crippen molar-refractivity contribution in [1.82, 2.24) is 0 Å². The van der Waals surface area contributed by atoms with Gasteiger partial charge >= 0.3 is 5.69 Å². The normalized spacial score (nSPS) is 10.3. The van der Waals surface area contributed by atoms with Crippen molar-refractivity contribution < 1.29 is 14.1 Å². The van der Waals surface area contributed by atoms with E-state index in [0.717, 1.165) is 0 Å². The van der Waals surface area contributed by atoms with Crippen molar-refractivity contribution in [3.05, 3.63) is 62.9 Å². The first-order valence-corrected chi connectivity index (χ1v) is 5.99. The summed E-state index contributed by atoms with van der Waals surface area (Å²) in [5.41, 5.74) is 5.63. The summed E-state index contributed by atoms with van der Waals surface area (Å²) in [5, 5.41) is 11.2. The van der Waals surface area contributed by atoms with Gasteiger partial charge in [0.15, 0.2) is 0 Å². The van der Waals surface area contributed by atoms with E-state index in [0.29, 0.717) is 5.56 Å². The first-order chi connectivity index (χ1) is 9.51. The van der Waals surface area contributed by atoms with Gasteiger partial charge < -0.3 is 10.5 Å². The largest absolute Gasteiger partial charge is 0.450 e. The van der Waals surface area contributed by atoms with Gasteiger partial charge in [-0.05, 0) is 30.3 Å². The van der Waals surface area contributed by atoms with E-state index in [1.165, 1.54) is 36.4 Å². The molecular formula is C13H10ClFN2O3. The van der Waals surface area contributed by atoms with Crippen molar-refractivity contribution in [3.8, 4) is 11.5 Å². The predicted molar refractivity (Wildman–Crippen MR) is 72.5 cm³/mol. The fraction of sp³-hybridized carbons (Fsp3) is 0.0769. The van der Waals surface area contributed by atoms with Crippen molar-refractivity contribution in [3.63, 3.8) is 0 Å². The van der Waals surface area contributed by atoms with E-state index in [1.807, 2.05) is 0 Å². The Labute approximate surface area is 118 Å². The van der Waals surface area contributed by atoms with E-state index < -0.39 is 10.7 Å². The number of benzene rings is 2. The molecule has 0 atom stereocenters. The molecule has 0 saturated carbocycles. The molecule has 0 aromatic heterocycles. The monoisotopic (exact) mass is 296 g/mol. The van der Waals surface area contributed by atoms with E-state index in [-0.39, 0.29) is 28.8 Å². The van der Waals surface area contributed by atoms with Gasteiger partial charge in [-0.3, -0.25) is 10.1 Å². The van der Waals surface area contributed by atoms with E-state index >= 15 is 0 Å². The number of nitro groups is 1. The number of nitrogens with two attached hydrogens (primary N) is 1. The second-order valence-corrected chi connectivity index (χ2v) is 4.36. The van der Waals surface area contributed by atoms with Gasteiger partial charge in [-0.1, -0.05) is 11.6 Å². The summed E-state index contributed by atoms with van der Waals surface area (Å²) >= 11 is 5.71. The van der Waals surface area contributed by atoms with Crippen LogP contribution in [0.5, 0.6) is 11.5 Å². The minimum Gasteiger partial charge on any atom is -0.450 e. The van der Waals surface area contributed by atoms with Crippen LogP contribution >= 0.6 is 11.6 Å². The van der Waals surface area contributed by atoms with Crippen LogP contribution in [0.15, 0.2) is 36.4 Å². The summed E-state index contributed by atoms with van der Waals surface area (Å²) < 4.78 is 18.6. The van der Waals surface area contributed by atoms with Crippen LogP contribution in [0.1, 0.15) is 5.56 Å². The third kappa shape index (κ3) is 3.04. The molecule has 0 bridgehead atoms. The van der Waals surface area contributed by atoms with E-state index in [9.17, 15) is 14.5 Å². The lowest BCUT2D eigenvalue weighted by molar-refractivity contribution is -0.385. The molecule has 2 aromatic rings. The van der Waals surface area contributed by atoms with E-state index in [2.05, 4.69) is 0 Å². The number of nitrogens with zero attached hydrogens (tertiary/aromatic N) is 1. The summed E-state index contributed by atoms with van der Waals surface area (Å²) in [5.74, 6) is -0.177. The Bertz CT molecular complexity index is 664. The maximum Gasteiger partial charge on any atom is 0.313 e. The Morgan fingerprint density at radius 1 is 1.25 bits per heavy atom. The SMILES string of the molecule is NCc1cc(F)ccc1Oc1ccc(Cl)cc1[N+](=O)[O-]. The molecular weight excluding hydrogens is 287 g/mol. The Kier molecular flexibility index (Phi) is 4.16. The molecule has 0 unspecified atom stereocenters. The van der Waals surface area contributed by atoms with Crippen LogP contribution < -0.4 is 10.5 Å². The zero-order valence-corrected chi connectivity index (χ0v) is 10.9. The molecule has 0 aliphatic heterocycles. The highest BCUT2D eigenvalue weighted by atomic mass is 35.5. The zero-order valence-electron chi connectivity index (χ0n) is 10.2. The van der Waals surface area contributed by atoms with Gasteiger partial charge in [0, 0.05) is 23.2 Å². The summed E-state index contributed by atoms with van der Waals surface area (Å²) in [6.07, 6.45) is 0. The van der Waals surface area contributed by atoms with Gasteiger partial charge in [-0.2, -0.15) is 0 Å². The van der Waals surface area contributed by atoms with Crippen LogP contribution in [0.4, 0.5) is 10.1 Å².